The van der Waals surface area contributed by atoms with E-state index in [0.29, 0.717) is 25.2 Å². The molecule has 0 saturated carbocycles. The van der Waals surface area contributed by atoms with E-state index in [4.69, 9.17) is 5.73 Å². The third kappa shape index (κ3) is 4.20. The number of nitrogens with zero attached hydrogens (tertiary/aromatic N) is 2. The molecule has 0 aliphatic rings. The van der Waals surface area contributed by atoms with E-state index in [1.807, 2.05) is 31.3 Å². The molecule has 0 bridgehead atoms. The molecule has 1 heterocycles. The van der Waals surface area contributed by atoms with Gasteiger partial charge in [0.25, 0.3) is 5.91 Å². The first kappa shape index (κ1) is 14.8. The molecule has 108 valence electrons. The standard InChI is InChI=1S/C16H18N4O/c1-13-12-15(6-5-14(13)4-2-7-17)16(21)18-9-11-20-10-3-8-19-20/h3,5-6,8,10,12H,7,9,11,17H2,1H3,(H,18,21). The Hall–Kier alpha value is -2.58. The lowest BCUT2D eigenvalue weighted by Gasteiger charge is -2.07. The number of aryl methyl sites for hydroxylation is 1. The van der Waals surface area contributed by atoms with Crippen molar-refractivity contribution in [2.75, 3.05) is 13.1 Å². The van der Waals surface area contributed by atoms with Gasteiger partial charge in [-0.15, -0.1) is 0 Å². The van der Waals surface area contributed by atoms with E-state index in [1.165, 1.54) is 0 Å². The number of carbonyl (C=O) groups excluding carboxylic acids is 1. The van der Waals surface area contributed by atoms with Gasteiger partial charge in [-0.25, -0.2) is 0 Å². The minimum Gasteiger partial charge on any atom is -0.350 e. The summed E-state index contributed by atoms with van der Waals surface area (Å²) in [5.41, 5.74) is 7.85. The first-order valence-corrected chi connectivity index (χ1v) is 6.76. The molecule has 0 aliphatic heterocycles. The van der Waals surface area contributed by atoms with Gasteiger partial charge in [-0.05, 0) is 36.8 Å². The van der Waals surface area contributed by atoms with Crippen LogP contribution in [0.1, 0.15) is 21.5 Å². The first-order chi connectivity index (χ1) is 10.2. The molecule has 0 unspecified atom stereocenters. The van der Waals surface area contributed by atoms with Gasteiger partial charge in [0.15, 0.2) is 0 Å². The number of nitrogens with two attached hydrogens (primary N) is 1. The van der Waals surface area contributed by atoms with Gasteiger partial charge in [-0.1, -0.05) is 11.8 Å². The Morgan fingerprint density at radius 3 is 3.00 bits per heavy atom. The second-order valence-corrected chi connectivity index (χ2v) is 4.56. The number of rotatable bonds is 4. The Morgan fingerprint density at radius 1 is 1.48 bits per heavy atom. The molecule has 2 aromatic rings. The largest absolute Gasteiger partial charge is 0.350 e. The van der Waals surface area contributed by atoms with Crippen molar-refractivity contribution in [2.45, 2.75) is 13.5 Å². The maximum atomic E-state index is 12.1. The van der Waals surface area contributed by atoms with Crippen LogP contribution in [0.2, 0.25) is 0 Å². The third-order valence-electron chi connectivity index (χ3n) is 3.00. The molecule has 5 nitrogen and oxygen atoms in total. The van der Waals surface area contributed by atoms with Crippen molar-refractivity contribution in [1.82, 2.24) is 15.1 Å². The van der Waals surface area contributed by atoms with Crippen LogP contribution in [-0.4, -0.2) is 28.8 Å². The van der Waals surface area contributed by atoms with Crippen molar-refractivity contribution in [3.63, 3.8) is 0 Å². The minimum absolute atomic E-state index is 0.0939. The van der Waals surface area contributed by atoms with Crippen molar-refractivity contribution in [3.05, 3.63) is 53.3 Å². The molecule has 2 rings (SSSR count). The predicted octanol–water partition coefficient (Wildman–Crippen LogP) is 0.932. The summed E-state index contributed by atoms with van der Waals surface area (Å²) in [6.07, 6.45) is 3.58. The summed E-state index contributed by atoms with van der Waals surface area (Å²) in [5, 5.41) is 6.95. The van der Waals surface area contributed by atoms with E-state index in [9.17, 15) is 4.79 Å². The molecule has 0 saturated heterocycles. The van der Waals surface area contributed by atoms with Crippen LogP contribution in [0.5, 0.6) is 0 Å². The van der Waals surface area contributed by atoms with Gasteiger partial charge in [-0.2, -0.15) is 5.10 Å². The molecular weight excluding hydrogens is 264 g/mol. The molecule has 1 amide bonds. The number of benzene rings is 1. The lowest BCUT2D eigenvalue weighted by Crippen LogP contribution is -2.27. The molecule has 0 fully saturated rings. The summed E-state index contributed by atoms with van der Waals surface area (Å²) in [6.45, 7) is 3.45. The average molecular weight is 282 g/mol. The average Bonchev–Trinajstić information content (AvgIpc) is 2.99. The maximum Gasteiger partial charge on any atom is 0.251 e. The first-order valence-electron chi connectivity index (χ1n) is 6.76. The van der Waals surface area contributed by atoms with Gasteiger partial charge in [0, 0.05) is 30.1 Å². The Kier molecular flexibility index (Phi) is 5.13. The Bertz CT molecular complexity index is 665. The number of hydrogen-bond donors (Lipinski definition) is 2. The highest BCUT2D eigenvalue weighted by atomic mass is 16.1. The van der Waals surface area contributed by atoms with E-state index in [0.717, 1.165) is 11.1 Å². The fourth-order valence-corrected chi connectivity index (χ4v) is 1.91. The third-order valence-corrected chi connectivity index (χ3v) is 3.00. The molecule has 0 spiro atoms. The zero-order chi connectivity index (χ0) is 15.1. The van der Waals surface area contributed by atoms with E-state index >= 15 is 0 Å². The Balaban J connectivity index is 1.94. The summed E-state index contributed by atoms with van der Waals surface area (Å²) in [7, 11) is 0. The van der Waals surface area contributed by atoms with Gasteiger partial charge in [0.05, 0.1) is 13.1 Å². The Morgan fingerprint density at radius 2 is 2.33 bits per heavy atom. The summed E-state index contributed by atoms with van der Waals surface area (Å²) in [6, 6.07) is 7.31. The number of aromatic nitrogens is 2. The minimum atomic E-state index is -0.0939. The molecule has 1 aromatic heterocycles. The van der Waals surface area contributed by atoms with Crippen LogP contribution in [0, 0.1) is 18.8 Å². The predicted molar refractivity (Wildman–Crippen MR) is 81.7 cm³/mol. The van der Waals surface area contributed by atoms with Crippen molar-refractivity contribution in [3.8, 4) is 11.8 Å². The van der Waals surface area contributed by atoms with Gasteiger partial charge in [-0.3, -0.25) is 9.48 Å². The summed E-state index contributed by atoms with van der Waals surface area (Å²) < 4.78 is 1.77. The highest BCUT2D eigenvalue weighted by Gasteiger charge is 2.06. The molecule has 0 radical (unpaired) electrons. The molecule has 0 atom stereocenters. The van der Waals surface area contributed by atoms with Crippen LogP contribution in [0.4, 0.5) is 0 Å². The summed E-state index contributed by atoms with van der Waals surface area (Å²) in [4.78, 5) is 12.1. The number of amides is 1. The van der Waals surface area contributed by atoms with Crippen LogP contribution in [-0.2, 0) is 6.54 Å². The van der Waals surface area contributed by atoms with Crippen LogP contribution in [0.3, 0.4) is 0 Å². The second kappa shape index (κ2) is 7.27. The number of nitrogens with one attached hydrogen (secondary N) is 1. The second-order valence-electron chi connectivity index (χ2n) is 4.56. The van der Waals surface area contributed by atoms with Crippen molar-refractivity contribution in [1.29, 1.82) is 0 Å². The van der Waals surface area contributed by atoms with Crippen LogP contribution >= 0.6 is 0 Å². The monoisotopic (exact) mass is 282 g/mol. The van der Waals surface area contributed by atoms with E-state index < -0.39 is 0 Å². The van der Waals surface area contributed by atoms with E-state index in [-0.39, 0.29) is 5.91 Å². The van der Waals surface area contributed by atoms with E-state index in [1.54, 1.807) is 16.9 Å². The number of carbonyl (C=O) groups is 1. The zero-order valence-electron chi connectivity index (χ0n) is 12.0. The maximum absolute atomic E-state index is 12.1. The highest BCUT2D eigenvalue weighted by molar-refractivity contribution is 5.94. The lowest BCUT2D eigenvalue weighted by atomic mass is 10.0. The normalized spacial score (nSPS) is 9.81. The lowest BCUT2D eigenvalue weighted by molar-refractivity contribution is 0.0952. The smallest absolute Gasteiger partial charge is 0.251 e. The molecule has 3 N–H and O–H groups in total. The van der Waals surface area contributed by atoms with Crippen molar-refractivity contribution in [2.24, 2.45) is 5.73 Å². The van der Waals surface area contributed by atoms with Crippen LogP contribution < -0.4 is 11.1 Å². The highest BCUT2D eigenvalue weighted by Crippen LogP contribution is 2.10. The fraction of sp³-hybridized carbons (Fsp3) is 0.250. The van der Waals surface area contributed by atoms with Gasteiger partial charge in [0.1, 0.15) is 0 Å². The SMILES string of the molecule is Cc1cc(C(=O)NCCn2cccn2)ccc1C#CCN. The Labute approximate surface area is 124 Å². The van der Waals surface area contributed by atoms with Gasteiger partial charge < -0.3 is 11.1 Å². The fourth-order valence-electron chi connectivity index (χ4n) is 1.91. The molecule has 1 aromatic carbocycles. The zero-order valence-corrected chi connectivity index (χ0v) is 12.0. The quantitative estimate of drug-likeness (QED) is 0.819. The van der Waals surface area contributed by atoms with Gasteiger partial charge >= 0.3 is 0 Å². The van der Waals surface area contributed by atoms with Gasteiger partial charge in [0.2, 0.25) is 0 Å². The topological polar surface area (TPSA) is 72.9 Å². The van der Waals surface area contributed by atoms with Crippen LogP contribution in [0.15, 0.2) is 36.7 Å². The van der Waals surface area contributed by atoms with E-state index in [2.05, 4.69) is 22.3 Å². The molecule has 5 heteroatoms. The summed E-state index contributed by atoms with van der Waals surface area (Å²) >= 11 is 0. The molecule has 21 heavy (non-hydrogen) atoms. The van der Waals surface area contributed by atoms with Crippen molar-refractivity contribution < 1.29 is 4.79 Å². The number of hydrogen-bond acceptors (Lipinski definition) is 3. The molecular formula is C16H18N4O. The molecule has 0 aliphatic carbocycles. The van der Waals surface area contributed by atoms with Crippen molar-refractivity contribution >= 4 is 5.91 Å². The van der Waals surface area contributed by atoms with Crippen LogP contribution in [0.25, 0.3) is 0 Å². The summed E-state index contributed by atoms with van der Waals surface area (Å²) in [5.74, 6) is 5.70.